The zero-order valence-electron chi connectivity index (χ0n) is 14.3. The Kier molecular flexibility index (Phi) is 5.69. The van der Waals surface area contributed by atoms with E-state index in [0.717, 1.165) is 23.9 Å². The molecule has 144 valence electrons. The number of phenolic OH excluding ortho intramolecular Hbond substituents is 1. The summed E-state index contributed by atoms with van der Waals surface area (Å²) in [7, 11) is 0. The molecule has 0 bridgehead atoms. The van der Waals surface area contributed by atoms with Gasteiger partial charge in [0.25, 0.3) is 11.6 Å². The summed E-state index contributed by atoms with van der Waals surface area (Å²) in [6, 6.07) is 11.4. The molecule has 1 aliphatic heterocycles. The van der Waals surface area contributed by atoms with Crippen LogP contribution >= 0.6 is 15.9 Å². The van der Waals surface area contributed by atoms with Gasteiger partial charge in [0.05, 0.1) is 15.6 Å². The monoisotopic (exact) mass is 446 g/mol. The Balaban J connectivity index is 1.76. The van der Waals surface area contributed by atoms with E-state index >= 15 is 0 Å². The van der Waals surface area contributed by atoms with E-state index in [-0.39, 0.29) is 27.4 Å². The molecule has 9 nitrogen and oxygen atoms in total. The lowest BCUT2D eigenvalue weighted by atomic mass is 9.88. The van der Waals surface area contributed by atoms with Crippen LogP contribution in [0.3, 0.4) is 0 Å². The molecule has 0 unspecified atom stereocenters. The van der Waals surface area contributed by atoms with Crippen molar-refractivity contribution in [1.82, 2.24) is 10.7 Å². The molecule has 1 heterocycles. The third-order valence-corrected chi connectivity index (χ3v) is 4.96. The van der Waals surface area contributed by atoms with E-state index in [0.29, 0.717) is 6.54 Å². The van der Waals surface area contributed by atoms with Crippen molar-refractivity contribution in [3.05, 3.63) is 68.2 Å². The Hall–Kier alpha value is -3.27. The van der Waals surface area contributed by atoms with E-state index in [1.54, 1.807) is 0 Å². The summed E-state index contributed by atoms with van der Waals surface area (Å²) in [4.78, 5) is 34.9. The number of hydrazone groups is 1. The third kappa shape index (κ3) is 4.01. The van der Waals surface area contributed by atoms with E-state index in [1.165, 1.54) is 0 Å². The minimum atomic E-state index is -0.954. The van der Waals surface area contributed by atoms with Crippen LogP contribution in [-0.2, 0) is 9.59 Å². The second-order valence-corrected chi connectivity index (χ2v) is 6.95. The van der Waals surface area contributed by atoms with E-state index < -0.39 is 22.7 Å². The lowest BCUT2D eigenvalue weighted by Crippen LogP contribution is -2.34. The summed E-state index contributed by atoms with van der Waals surface area (Å²) in [5.74, 6) is -2.55. The molecule has 2 amide bonds. The number of non-ortho nitro benzene ring substituents is 1. The molecule has 2 atom stereocenters. The Bertz CT molecular complexity index is 964. The Morgan fingerprint density at radius 2 is 2.07 bits per heavy atom. The van der Waals surface area contributed by atoms with Gasteiger partial charge in [-0.2, -0.15) is 5.10 Å². The standard InChI is InChI=1S/C18H15BrN4O5/c19-14-7-12(23(27)28)6-11(16(14)24)8-21-22-18(26)15-13(9-20-17(15)25)10-4-2-1-3-5-10/h1-8,13,15,24H,9H2,(H,20,25)(H,22,26)/b21-8+/t13-,15-/m0/s1. The fraction of sp³-hybridized carbons (Fsp3) is 0.167. The van der Waals surface area contributed by atoms with Crippen LogP contribution in [0.2, 0.25) is 0 Å². The Morgan fingerprint density at radius 3 is 2.75 bits per heavy atom. The first kappa shape index (κ1) is 19.5. The van der Waals surface area contributed by atoms with Crippen LogP contribution in [0.5, 0.6) is 5.75 Å². The predicted octanol–water partition coefficient (Wildman–Crippen LogP) is 2.04. The highest BCUT2D eigenvalue weighted by molar-refractivity contribution is 9.10. The van der Waals surface area contributed by atoms with Gasteiger partial charge in [0.15, 0.2) is 0 Å². The van der Waals surface area contributed by atoms with Gasteiger partial charge in [-0.1, -0.05) is 30.3 Å². The van der Waals surface area contributed by atoms with Crippen LogP contribution in [0.1, 0.15) is 17.0 Å². The molecule has 0 spiro atoms. The Labute approximate surface area is 167 Å². The highest BCUT2D eigenvalue weighted by Crippen LogP contribution is 2.32. The summed E-state index contributed by atoms with van der Waals surface area (Å²) >= 11 is 3.03. The second kappa shape index (κ2) is 8.17. The maximum atomic E-state index is 12.5. The van der Waals surface area contributed by atoms with Crippen molar-refractivity contribution in [1.29, 1.82) is 0 Å². The number of carbonyl (C=O) groups excluding carboxylic acids is 2. The SMILES string of the molecule is O=C1NC[C@@H](c2ccccc2)[C@@H]1C(=O)N/N=C/c1cc([N+](=O)[O-])cc(Br)c1O. The minimum Gasteiger partial charge on any atom is -0.506 e. The molecule has 1 fully saturated rings. The zero-order valence-corrected chi connectivity index (χ0v) is 15.9. The van der Waals surface area contributed by atoms with Crippen molar-refractivity contribution in [2.24, 2.45) is 11.0 Å². The van der Waals surface area contributed by atoms with Crippen molar-refractivity contribution in [3.8, 4) is 5.75 Å². The average Bonchev–Trinajstić information content (AvgIpc) is 3.07. The number of aromatic hydroxyl groups is 1. The number of amides is 2. The van der Waals surface area contributed by atoms with Gasteiger partial charge in [0.2, 0.25) is 5.91 Å². The largest absolute Gasteiger partial charge is 0.506 e. The van der Waals surface area contributed by atoms with Gasteiger partial charge in [-0.25, -0.2) is 5.43 Å². The topological polar surface area (TPSA) is 134 Å². The molecular weight excluding hydrogens is 432 g/mol. The number of halogens is 1. The highest BCUT2D eigenvalue weighted by atomic mass is 79.9. The first-order valence-corrected chi connectivity index (χ1v) is 9.00. The maximum absolute atomic E-state index is 12.5. The highest BCUT2D eigenvalue weighted by Gasteiger charge is 2.40. The van der Waals surface area contributed by atoms with Crippen LogP contribution in [0.4, 0.5) is 5.69 Å². The van der Waals surface area contributed by atoms with E-state index in [1.807, 2.05) is 30.3 Å². The number of nitrogens with zero attached hydrogens (tertiary/aromatic N) is 2. The summed E-state index contributed by atoms with van der Waals surface area (Å²) in [6.45, 7) is 0.337. The van der Waals surface area contributed by atoms with Gasteiger partial charge < -0.3 is 10.4 Å². The van der Waals surface area contributed by atoms with Crippen molar-refractivity contribution >= 4 is 39.6 Å². The maximum Gasteiger partial charge on any atom is 0.271 e. The summed E-state index contributed by atoms with van der Waals surface area (Å²) in [5, 5.41) is 27.3. The first-order chi connectivity index (χ1) is 13.4. The van der Waals surface area contributed by atoms with Crippen molar-refractivity contribution in [2.45, 2.75) is 5.92 Å². The van der Waals surface area contributed by atoms with Crippen LogP contribution in [0.15, 0.2) is 52.0 Å². The Morgan fingerprint density at radius 1 is 1.36 bits per heavy atom. The number of phenols is 1. The summed E-state index contributed by atoms with van der Waals surface area (Å²) < 4.78 is 0.119. The minimum absolute atomic E-state index is 0.0388. The molecule has 0 radical (unpaired) electrons. The number of rotatable bonds is 5. The molecule has 3 rings (SSSR count). The fourth-order valence-electron chi connectivity index (χ4n) is 2.98. The lowest BCUT2D eigenvalue weighted by Gasteiger charge is -2.15. The predicted molar refractivity (Wildman–Crippen MR) is 104 cm³/mol. The van der Waals surface area contributed by atoms with E-state index in [4.69, 9.17) is 0 Å². The van der Waals surface area contributed by atoms with Gasteiger partial charge >= 0.3 is 0 Å². The summed E-state index contributed by atoms with van der Waals surface area (Å²) in [6.07, 6.45) is 1.08. The van der Waals surface area contributed by atoms with Crippen molar-refractivity contribution < 1.29 is 19.6 Å². The van der Waals surface area contributed by atoms with E-state index in [2.05, 4.69) is 31.8 Å². The smallest absolute Gasteiger partial charge is 0.271 e. The fourth-order valence-corrected chi connectivity index (χ4v) is 3.44. The van der Waals surface area contributed by atoms with Crippen LogP contribution in [0, 0.1) is 16.0 Å². The van der Waals surface area contributed by atoms with Crippen molar-refractivity contribution in [2.75, 3.05) is 6.54 Å². The first-order valence-electron chi connectivity index (χ1n) is 8.21. The number of nitro benzene ring substituents is 1. The number of hydrogen-bond donors (Lipinski definition) is 3. The van der Waals surface area contributed by atoms with Gasteiger partial charge in [0, 0.05) is 30.2 Å². The molecule has 0 saturated carbocycles. The molecule has 28 heavy (non-hydrogen) atoms. The molecule has 1 saturated heterocycles. The average molecular weight is 447 g/mol. The number of carbonyl (C=O) groups is 2. The van der Waals surface area contributed by atoms with Gasteiger partial charge in [-0.3, -0.25) is 19.7 Å². The molecule has 0 aliphatic carbocycles. The summed E-state index contributed by atoms with van der Waals surface area (Å²) in [5.41, 5.74) is 2.91. The second-order valence-electron chi connectivity index (χ2n) is 6.10. The zero-order chi connectivity index (χ0) is 20.3. The van der Waals surface area contributed by atoms with Gasteiger partial charge in [0.1, 0.15) is 11.7 Å². The number of benzene rings is 2. The lowest BCUT2D eigenvalue weighted by molar-refractivity contribution is -0.385. The third-order valence-electron chi connectivity index (χ3n) is 4.36. The molecular formula is C18H15BrN4O5. The molecule has 3 N–H and O–H groups in total. The normalized spacial score (nSPS) is 18.8. The van der Waals surface area contributed by atoms with Crippen LogP contribution < -0.4 is 10.7 Å². The number of hydrogen-bond acceptors (Lipinski definition) is 6. The van der Waals surface area contributed by atoms with E-state index in [9.17, 15) is 24.8 Å². The molecule has 0 aromatic heterocycles. The molecule has 2 aromatic rings. The van der Waals surface area contributed by atoms with Crippen LogP contribution in [-0.4, -0.2) is 34.6 Å². The van der Waals surface area contributed by atoms with Gasteiger partial charge in [-0.05, 0) is 21.5 Å². The van der Waals surface area contributed by atoms with Crippen LogP contribution in [0.25, 0.3) is 0 Å². The number of nitrogens with one attached hydrogen (secondary N) is 2. The molecule has 2 aromatic carbocycles. The van der Waals surface area contributed by atoms with Crippen molar-refractivity contribution in [3.63, 3.8) is 0 Å². The van der Waals surface area contributed by atoms with Gasteiger partial charge in [-0.15, -0.1) is 0 Å². The number of nitro groups is 1. The molecule has 1 aliphatic rings. The molecule has 10 heteroatoms. The quantitative estimate of drug-likeness (QED) is 0.279.